The smallest absolute Gasteiger partial charge is 0.119 e. The van der Waals surface area contributed by atoms with E-state index in [1.54, 1.807) is 0 Å². The van der Waals surface area contributed by atoms with Crippen molar-refractivity contribution in [1.29, 1.82) is 0 Å². The lowest BCUT2D eigenvalue weighted by atomic mass is 10.0. The van der Waals surface area contributed by atoms with E-state index in [0.717, 1.165) is 30.3 Å². The van der Waals surface area contributed by atoms with Gasteiger partial charge in [-0.05, 0) is 36.2 Å². The van der Waals surface area contributed by atoms with Gasteiger partial charge in [-0.25, -0.2) is 0 Å². The standard InChI is InChI=1S/C18H22O2S/c1-2-12-19-17-8-10-18(11-9-17)20-13-16(14-21)15-6-4-3-5-7-15/h3-11,16,21H,2,12-14H2,1H3. The third kappa shape index (κ3) is 5.01. The van der Waals surface area contributed by atoms with Crippen molar-refractivity contribution in [2.45, 2.75) is 19.3 Å². The van der Waals surface area contributed by atoms with E-state index in [1.807, 2.05) is 42.5 Å². The van der Waals surface area contributed by atoms with Gasteiger partial charge in [0.05, 0.1) is 13.2 Å². The van der Waals surface area contributed by atoms with Gasteiger partial charge in [-0.1, -0.05) is 37.3 Å². The van der Waals surface area contributed by atoms with Crippen LogP contribution in [-0.4, -0.2) is 19.0 Å². The van der Waals surface area contributed by atoms with Crippen molar-refractivity contribution in [2.75, 3.05) is 19.0 Å². The maximum Gasteiger partial charge on any atom is 0.119 e. The van der Waals surface area contributed by atoms with Crippen LogP contribution in [0.2, 0.25) is 0 Å². The maximum absolute atomic E-state index is 5.87. The van der Waals surface area contributed by atoms with Gasteiger partial charge in [0.2, 0.25) is 0 Å². The number of benzene rings is 2. The van der Waals surface area contributed by atoms with Gasteiger partial charge in [-0.15, -0.1) is 0 Å². The molecule has 0 aromatic heterocycles. The summed E-state index contributed by atoms with van der Waals surface area (Å²) in [6, 6.07) is 18.1. The van der Waals surface area contributed by atoms with Gasteiger partial charge in [-0.2, -0.15) is 12.6 Å². The van der Waals surface area contributed by atoms with E-state index in [4.69, 9.17) is 9.47 Å². The molecule has 0 saturated carbocycles. The molecular formula is C18H22O2S. The lowest BCUT2D eigenvalue weighted by molar-refractivity contribution is 0.294. The molecule has 0 aliphatic rings. The molecule has 0 aliphatic heterocycles. The highest BCUT2D eigenvalue weighted by atomic mass is 32.1. The Kier molecular flexibility index (Phi) is 6.48. The van der Waals surface area contributed by atoms with Crippen LogP contribution in [0.1, 0.15) is 24.8 Å². The highest BCUT2D eigenvalue weighted by molar-refractivity contribution is 7.80. The van der Waals surface area contributed by atoms with Gasteiger partial charge in [0, 0.05) is 11.7 Å². The van der Waals surface area contributed by atoms with Gasteiger partial charge in [0.15, 0.2) is 0 Å². The highest BCUT2D eigenvalue weighted by Gasteiger charge is 2.10. The van der Waals surface area contributed by atoms with E-state index in [-0.39, 0.29) is 0 Å². The molecule has 0 radical (unpaired) electrons. The molecule has 2 aromatic carbocycles. The van der Waals surface area contributed by atoms with Gasteiger partial charge in [0.25, 0.3) is 0 Å². The lowest BCUT2D eigenvalue weighted by Crippen LogP contribution is -2.11. The van der Waals surface area contributed by atoms with E-state index in [1.165, 1.54) is 5.56 Å². The summed E-state index contributed by atoms with van der Waals surface area (Å²) in [6.45, 7) is 3.47. The average molecular weight is 302 g/mol. The second-order valence-electron chi connectivity index (χ2n) is 4.92. The summed E-state index contributed by atoms with van der Waals surface area (Å²) in [5.74, 6) is 2.81. The zero-order chi connectivity index (χ0) is 14.9. The predicted octanol–water partition coefficient (Wildman–Crippen LogP) is 4.57. The summed E-state index contributed by atoms with van der Waals surface area (Å²) in [7, 11) is 0. The largest absolute Gasteiger partial charge is 0.494 e. The topological polar surface area (TPSA) is 18.5 Å². The van der Waals surface area contributed by atoms with Crippen LogP contribution in [0.15, 0.2) is 54.6 Å². The van der Waals surface area contributed by atoms with E-state index in [0.29, 0.717) is 12.5 Å². The normalized spacial score (nSPS) is 11.9. The average Bonchev–Trinajstić information content (AvgIpc) is 2.55. The zero-order valence-electron chi connectivity index (χ0n) is 12.4. The second-order valence-corrected chi connectivity index (χ2v) is 5.29. The lowest BCUT2D eigenvalue weighted by Gasteiger charge is -2.16. The van der Waals surface area contributed by atoms with Crippen molar-refractivity contribution >= 4 is 12.6 Å². The second kappa shape index (κ2) is 8.63. The number of thiol groups is 1. The van der Waals surface area contributed by atoms with E-state index < -0.39 is 0 Å². The van der Waals surface area contributed by atoms with Crippen molar-refractivity contribution in [3.05, 3.63) is 60.2 Å². The zero-order valence-corrected chi connectivity index (χ0v) is 13.3. The van der Waals surface area contributed by atoms with Crippen molar-refractivity contribution in [3.8, 4) is 11.5 Å². The number of ether oxygens (including phenoxy) is 2. The fourth-order valence-corrected chi connectivity index (χ4v) is 2.34. The molecule has 0 aliphatic carbocycles. The predicted molar refractivity (Wildman–Crippen MR) is 90.8 cm³/mol. The van der Waals surface area contributed by atoms with Crippen LogP contribution in [0.3, 0.4) is 0 Å². The molecule has 1 unspecified atom stereocenters. The number of hydrogen-bond acceptors (Lipinski definition) is 3. The summed E-state index contributed by atoms with van der Waals surface area (Å²) < 4.78 is 11.4. The minimum atomic E-state index is 0.297. The Balaban J connectivity index is 1.89. The molecule has 21 heavy (non-hydrogen) atoms. The quantitative estimate of drug-likeness (QED) is 0.720. The maximum atomic E-state index is 5.87. The van der Waals surface area contributed by atoms with Crippen LogP contribution in [-0.2, 0) is 0 Å². The first-order chi connectivity index (χ1) is 10.3. The van der Waals surface area contributed by atoms with Gasteiger partial charge < -0.3 is 9.47 Å². The first-order valence-corrected chi connectivity index (χ1v) is 7.98. The Bertz CT molecular complexity index is 511. The SMILES string of the molecule is CCCOc1ccc(OCC(CS)c2ccccc2)cc1. The van der Waals surface area contributed by atoms with Gasteiger partial charge >= 0.3 is 0 Å². The molecule has 0 heterocycles. The van der Waals surface area contributed by atoms with Crippen molar-refractivity contribution in [1.82, 2.24) is 0 Å². The van der Waals surface area contributed by atoms with Crippen LogP contribution >= 0.6 is 12.6 Å². The van der Waals surface area contributed by atoms with Crippen LogP contribution < -0.4 is 9.47 Å². The molecule has 0 spiro atoms. The van der Waals surface area contributed by atoms with E-state index >= 15 is 0 Å². The molecule has 0 N–H and O–H groups in total. The number of hydrogen-bond donors (Lipinski definition) is 1. The monoisotopic (exact) mass is 302 g/mol. The third-order valence-corrected chi connectivity index (χ3v) is 3.68. The molecule has 0 amide bonds. The van der Waals surface area contributed by atoms with Crippen LogP contribution in [0.5, 0.6) is 11.5 Å². The summed E-state index contributed by atoms with van der Waals surface area (Å²) in [5, 5.41) is 0. The molecule has 2 aromatic rings. The fourth-order valence-electron chi connectivity index (χ4n) is 2.03. The molecular weight excluding hydrogens is 280 g/mol. The molecule has 3 heteroatoms. The minimum absolute atomic E-state index is 0.297. The van der Waals surface area contributed by atoms with E-state index in [9.17, 15) is 0 Å². The highest BCUT2D eigenvalue weighted by Crippen LogP contribution is 2.21. The fraction of sp³-hybridized carbons (Fsp3) is 0.333. The van der Waals surface area contributed by atoms with Gasteiger partial charge in [0.1, 0.15) is 11.5 Å². The van der Waals surface area contributed by atoms with Gasteiger partial charge in [-0.3, -0.25) is 0 Å². The number of rotatable bonds is 8. The Hall–Kier alpha value is -1.61. The van der Waals surface area contributed by atoms with Crippen LogP contribution in [0.25, 0.3) is 0 Å². The third-order valence-electron chi connectivity index (χ3n) is 3.24. The summed E-state index contributed by atoms with van der Waals surface area (Å²) in [4.78, 5) is 0. The van der Waals surface area contributed by atoms with Crippen molar-refractivity contribution < 1.29 is 9.47 Å². The molecule has 2 rings (SSSR count). The summed E-state index contributed by atoms with van der Waals surface area (Å²) in [6.07, 6.45) is 1.01. The molecule has 0 saturated heterocycles. The molecule has 0 fully saturated rings. The Labute approximate surface area is 132 Å². The van der Waals surface area contributed by atoms with E-state index in [2.05, 4.69) is 31.7 Å². The first-order valence-electron chi connectivity index (χ1n) is 7.35. The molecule has 2 nitrogen and oxygen atoms in total. The summed E-state index contributed by atoms with van der Waals surface area (Å²) in [5.41, 5.74) is 1.26. The molecule has 0 bridgehead atoms. The molecule has 1 atom stereocenters. The van der Waals surface area contributed by atoms with Crippen molar-refractivity contribution in [2.24, 2.45) is 0 Å². The summed E-state index contributed by atoms with van der Waals surface area (Å²) >= 11 is 4.43. The Morgan fingerprint density at radius 2 is 1.52 bits per heavy atom. The Morgan fingerprint density at radius 3 is 2.10 bits per heavy atom. The van der Waals surface area contributed by atoms with Crippen LogP contribution in [0.4, 0.5) is 0 Å². The van der Waals surface area contributed by atoms with Crippen LogP contribution in [0, 0.1) is 0 Å². The molecule has 112 valence electrons. The minimum Gasteiger partial charge on any atom is -0.494 e. The van der Waals surface area contributed by atoms with Crippen molar-refractivity contribution in [3.63, 3.8) is 0 Å². The first kappa shape index (κ1) is 15.8. The Morgan fingerprint density at radius 1 is 0.905 bits per heavy atom.